The Morgan fingerprint density at radius 3 is 1.22 bits per heavy atom. The van der Waals surface area contributed by atoms with Gasteiger partial charge in [-0.15, -0.1) is 0 Å². The average molecular weight is 566 g/mol. The third-order valence-corrected chi connectivity index (χ3v) is 9.30. The Balaban J connectivity index is 1.26. The van der Waals surface area contributed by atoms with Gasteiger partial charge in [-0.05, 0) is 25.0 Å². The van der Waals surface area contributed by atoms with Crippen molar-refractivity contribution in [3.8, 4) is 0 Å². The summed E-state index contributed by atoms with van der Waals surface area (Å²) in [6.45, 7) is 2.30. The van der Waals surface area contributed by atoms with Gasteiger partial charge < -0.3 is 4.57 Å². The van der Waals surface area contributed by atoms with Gasteiger partial charge >= 0.3 is 0 Å². The number of para-hydroxylation sites is 1. The second-order valence-electron chi connectivity index (χ2n) is 13.0. The predicted molar refractivity (Wildman–Crippen MR) is 183 cm³/mol. The van der Waals surface area contributed by atoms with Crippen LogP contribution in [0.15, 0.2) is 35.1 Å². The number of fused-ring (bicyclic) bond motifs is 1. The molecule has 0 fully saturated rings. The number of unbranched alkanes of at least 4 members (excludes halogenated alkanes) is 26. The quantitative estimate of drug-likeness (QED) is 0.0940. The van der Waals surface area contributed by atoms with Crippen LogP contribution in [-0.2, 0) is 13.5 Å². The van der Waals surface area contributed by atoms with Gasteiger partial charge in [-0.1, -0.05) is 186 Å². The third kappa shape index (κ3) is 17.2. The Morgan fingerprint density at radius 2 is 0.829 bits per heavy atom. The molecule has 0 aliphatic rings. The molecule has 2 aromatic rings. The summed E-state index contributed by atoms with van der Waals surface area (Å²) in [6.07, 6.45) is 39.6. The van der Waals surface area contributed by atoms with E-state index in [2.05, 4.69) is 24.6 Å². The fraction of sp³-hybridized carbons (Fsp3) is 0.769. The van der Waals surface area contributed by atoms with Gasteiger partial charge in [0, 0.05) is 24.2 Å². The molecule has 0 saturated heterocycles. The highest BCUT2D eigenvalue weighted by Crippen LogP contribution is 2.17. The lowest BCUT2D eigenvalue weighted by atomic mass is 10.0. The lowest BCUT2D eigenvalue weighted by Crippen LogP contribution is -2.11. The maximum Gasteiger partial charge on any atom is 0.189 e. The summed E-state index contributed by atoms with van der Waals surface area (Å²) >= 11 is 0. The van der Waals surface area contributed by atoms with E-state index in [1.54, 1.807) is 0 Å². The largest absolute Gasteiger partial charge is 0.347 e. The molecule has 0 aliphatic carbocycles. The standard InChI is InChI=1S/C39H67NO/c1-3-4-5-6-7-8-9-10-11-12-13-14-15-16-17-18-19-20-21-22-23-24-25-26-27-28-29-32-36-35-39(41)37-33-30-31-34-38(37)40(36)2/h30-31,33-35H,3-29,32H2,1-2H3. The Kier molecular flexibility index (Phi) is 21.7. The van der Waals surface area contributed by atoms with Gasteiger partial charge in [-0.2, -0.15) is 0 Å². The summed E-state index contributed by atoms with van der Waals surface area (Å²) in [5.41, 5.74) is 2.40. The molecule has 0 aliphatic heterocycles. The van der Waals surface area contributed by atoms with E-state index in [9.17, 15) is 4.79 Å². The summed E-state index contributed by atoms with van der Waals surface area (Å²) in [5, 5.41) is 0.832. The molecule has 0 N–H and O–H groups in total. The number of aromatic nitrogens is 1. The monoisotopic (exact) mass is 566 g/mol. The molecule has 0 saturated carbocycles. The van der Waals surface area contributed by atoms with Crippen LogP contribution >= 0.6 is 0 Å². The number of nitrogens with zero attached hydrogens (tertiary/aromatic N) is 1. The minimum atomic E-state index is 0.165. The number of pyridine rings is 1. The van der Waals surface area contributed by atoms with Crippen LogP contribution in [0.3, 0.4) is 0 Å². The second-order valence-corrected chi connectivity index (χ2v) is 13.0. The lowest BCUT2D eigenvalue weighted by Gasteiger charge is -2.12. The summed E-state index contributed by atoms with van der Waals surface area (Å²) in [4.78, 5) is 12.4. The molecular formula is C39H67NO. The summed E-state index contributed by atoms with van der Waals surface area (Å²) < 4.78 is 2.21. The zero-order chi connectivity index (χ0) is 29.2. The highest BCUT2D eigenvalue weighted by Gasteiger charge is 2.05. The van der Waals surface area contributed by atoms with Crippen LogP contribution in [0.1, 0.15) is 186 Å². The molecule has 1 aromatic heterocycles. The number of benzene rings is 1. The van der Waals surface area contributed by atoms with Gasteiger partial charge in [0.2, 0.25) is 0 Å². The van der Waals surface area contributed by atoms with E-state index in [0.29, 0.717) is 0 Å². The molecule has 0 radical (unpaired) electrons. The molecule has 1 aromatic carbocycles. The highest BCUT2D eigenvalue weighted by atomic mass is 16.1. The van der Waals surface area contributed by atoms with E-state index >= 15 is 0 Å². The molecule has 0 bridgehead atoms. The number of hydrogen-bond acceptors (Lipinski definition) is 1. The van der Waals surface area contributed by atoms with Crippen LogP contribution < -0.4 is 5.43 Å². The molecule has 2 nitrogen and oxygen atoms in total. The third-order valence-electron chi connectivity index (χ3n) is 9.30. The molecule has 1 heterocycles. The smallest absolute Gasteiger partial charge is 0.189 e. The maximum absolute atomic E-state index is 12.4. The Bertz CT molecular complexity index is 929. The normalized spacial score (nSPS) is 11.6. The van der Waals surface area contributed by atoms with Crippen molar-refractivity contribution < 1.29 is 0 Å². The lowest BCUT2D eigenvalue weighted by molar-refractivity contribution is 0.514. The van der Waals surface area contributed by atoms with Crippen LogP contribution in [0.5, 0.6) is 0 Å². The highest BCUT2D eigenvalue weighted by molar-refractivity contribution is 5.79. The first kappa shape index (κ1) is 35.6. The SMILES string of the molecule is CCCCCCCCCCCCCCCCCCCCCCCCCCCCCc1cc(=O)c2ccccc2n1C. The molecule has 41 heavy (non-hydrogen) atoms. The number of aryl methyl sites for hydroxylation is 2. The van der Waals surface area contributed by atoms with Crippen LogP contribution in [-0.4, -0.2) is 4.57 Å². The van der Waals surface area contributed by atoms with Crippen molar-refractivity contribution in [1.82, 2.24) is 4.57 Å². The topological polar surface area (TPSA) is 22.0 Å². The van der Waals surface area contributed by atoms with Gasteiger partial charge in [-0.3, -0.25) is 4.79 Å². The molecule has 0 spiro atoms. The van der Waals surface area contributed by atoms with Crippen molar-refractivity contribution in [2.45, 2.75) is 187 Å². The van der Waals surface area contributed by atoms with Crippen LogP contribution in [0, 0.1) is 0 Å². The Morgan fingerprint density at radius 1 is 0.488 bits per heavy atom. The van der Waals surface area contributed by atoms with E-state index < -0.39 is 0 Å². The number of rotatable bonds is 28. The Hall–Kier alpha value is -1.57. The first-order chi connectivity index (χ1) is 20.2. The van der Waals surface area contributed by atoms with Crippen LogP contribution in [0.25, 0.3) is 10.9 Å². The zero-order valence-electron chi connectivity index (χ0n) is 27.5. The Labute approximate surface area is 255 Å². The summed E-state index contributed by atoms with van der Waals surface area (Å²) in [6, 6.07) is 9.81. The maximum atomic E-state index is 12.4. The minimum absolute atomic E-state index is 0.165. The van der Waals surface area contributed by atoms with Gasteiger partial charge in [0.05, 0.1) is 5.52 Å². The fourth-order valence-corrected chi connectivity index (χ4v) is 6.49. The molecule has 2 heteroatoms. The zero-order valence-corrected chi connectivity index (χ0v) is 27.5. The van der Waals surface area contributed by atoms with E-state index in [1.165, 1.54) is 179 Å². The van der Waals surface area contributed by atoms with Crippen molar-refractivity contribution in [2.75, 3.05) is 0 Å². The van der Waals surface area contributed by atoms with Crippen LogP contribution in [0.2, 0.25) is 0 Å². The predicted octanol–water partition coefficient (Wildman–Crippen LogP) is 12.6. The molecular weight excluding hydrogens is 498 g/mol. The van der Waals surface area contributed by atoms with Gasteiger partial charge in [0.1, 0.15) is 0 Å². The van der Waals surface area contributed by atoms with Crippen molar-refractivity contribution >= 4 is 10.9 Å². The van der Waals surface area contributed by atoms with E-state index in [1.807, 2.05) is 24.3 Å². The first-order valence-corrected chi connectivity index (χ1v) is 18.3. The fourth-order valence-electron chi connectivity index (χ4n) is 6.49. The van der Waals surface area contributed by atoms with E-state index in [-0.39, 0.29) is 5.43 Å². The van der Waals surface area contributed by atoms with Crippen LogP contribution in [0.4, 0.5) is 0 Å². The van der Waals surface area contributed by atoms with Gasteiger partial charge in [-0.25, -0.2) is 0 Å². The molecule has 234 valence electrons. The van der Waals surface area contributed by atoms with Gasteiger partial charge in [0.15, 0.2) is 5.43 Å². The molecule has 2 rings (SSSR count). The molecule has 0 unspecified atom stereocenters. The first-order valence-electron chi connectivity index (χ1n) is 18.3. The average Bonchev–Trinajstić information content (AvgIpc) is 2.99. The number of hydrogen-bond donors (Lipinski definition) is 0. The van der Waals surface area contributed by atoms with Crippen molar-refractivity contribution in [2.24, 2.45) is 7.05 Å². The molecule has 0 atom stereocenters. The van der Waals surface area contributed by atoms with Crippen molar-refractivity contribution in [3.63, 3.8) is 0 Å². The van der Waals surface area contributed by atoms with Gasteiger partial charge in [0.25, 0.3) is 0 Å². The van der Waals surface area contributed by atoms with E-state index in [4.69, 9.17) is 0 Å². The van der Waals surface area contributed by atoms with Crippen molar-refractivity contribution in [1.29, 1.82) is 0 Å². The van der Waals surface area contributed by atoms with E-state index in [0.717, 1.165) is 17.3 Å². The summed E-state index contributed by atoms with van der Waals surface area (Å²) in [7, 11) is 2.10. The minimum Gasteiger partial charge on any atom is -0.347 e. The van der Waals surface area contributed by atoms with Crippen molar-refractivity contribution in [3.05, 3.63) is 46.2 Å². The molecule has 0 amide bonds. The summed E-state index contributed by atoms with van der Waals surface area (Å²) in [5.74, 6) is 0. The second kappa shape index (κ2) is 25.0.